The van der Waals surface area contributed by atoms with Crippen LogP contribution in [0.3, 0.4) is 0 Å². The van der Waals surface area contributed by atoms with E-state index in [0.717, 1.165) is 0 Å². The molecular formula is C10H9BrO4. The van der Waals surface area contributed by atoms with Crippen LogP contribution < -0.4 is 0 Å². The van der Waals surface area contributed by atoms with E-state index in [0.29, 0.717) is 4.47 Å². The van der Waals surface area contributed by atoms with Crippen molar-refractivity contribution in [1.29, 1.82) is 0 Å². The number of ether oxygens (including phenoxy) is 1. The quantitative estimate of drug-likeness (QED) is 0.858. The first kappa shape index (κ1) is 11.7. The lowest BCUT2D eigenvalue weighted by atomic mass is 10.1. The summed E-state index contributed by atoms with van der Waals surface area (Å²) < 4.78 is 5.11. The highest BCUT2D eigenvalue weighted by atomic mass is 79.9. The molecule has 0 aromatic heterocycles. The SMILES string of the molecule is CCOC(=O)c1cccc(Br)c1C(=O)O. The molecule has 0 amide bonds. The molecule has 0 atom stereocenters. The number of benzene rings is 1. The molecule has 0 saturated heterocycles. The van der Waals surface area contributed by atoms with Crippen molar-refractivity contribution in [3.05, 3.63) is 33.8 Å². The number of carbonyl (C=O) groups is 2. The lowest BCUT2D eigenvalue weighted by Crippen LogP contribution is -2.12. The van der Waals surface area contributed by atoms with E-state index >= 15 is 0 Å². The molecule has 5 heteroatoms. The molecule has 0 saturated carbocycles. The van der Waals surface area contributed by atoms with Gasteiger partial charge in [-0.3, -0.25) is 0 Å². The van der Waals surface area contributed by atoms with E-state index in [1.54, 1.807) is 19.1 Å². The number of carboxylic acids is 1. The highest BCUT2D eigenvalue weighted by molar-refractivity contribution is 9.10. The van der Waals surface area contributed by atoms with Crippen LogP contribution in [-0.2, 0) is 4.74 Å². The van der Waals surface area contributed by atoms with Crippen molar-refractivity contribution in [3.8, 4) is 0 Å². The standard InChI is InChI=1S/C10H9BrO4/c1-2-15-10(14)6-4-3-5-7(11)8(6)9(12)13/h3-5H,2H2,1H3,(H,12,13). The number of hydrogen-bond donors (Lipinski definition) is 1. The van der Waals surface area contributed by atoms with Crippen LogP contribution in [-0.4, -0.2) is 23.7 Å². The molecule has 0 aliphatic heterocycles. The molecule has 0 radical (unpaired) electrons. The van der Waals surface area contributed by atoms with E-state index in [9.17, 15) is 9.59 Å². The van der Waals surface area contributed by atoms with Gasteiger partial charge in [0.25, 0.3) is 0 Å². The van der Waals surface area contributed by atoms with Gasteiger partial charge in [0.15, 0.2) is 0 Å². The van der Waals surface area contributed by atoms with E-state index < -0.39 is 11.9 Å². The number of carbonyl (C=O) groups excluding carboxylic acids is 1. The van der Waals surface area contributed by atoms with E-state index in [1.807, 2.05) is 0 Å². The minimum absolute atomic E-state index is 0.0544. The Balaban J connectivity index is 3.23. The molecule has 0 aliphatic rings. The van der Waals surface area contributed by atoms with Gasteiger partial charge < -0.3 is 9.84 Å². The molecule has 80 valence electrons. The van der Waals surface area contributed by atoms with E-state index in [1.165, 1.54) is 6.07 Å². The molecule has 1 aromatic rings. The van der Waals surface area contributed by atoms with Gasteiger partial charge in [0.2, 0.25) is 0 Å². The molecule has 0 unspecified atom stereocenters. The van der Waals surface area contributed by atoms with Crippen molar-refractivity contribution >= 4 is 27.9 Å². The highest BCUT2D eigenvalue weighted by Gasteiger charge is 2.19. The Kier molecular flexibility index (Phi) is 3.85. The van der Waals surface area contributed by atoms with Gasteiger partial charge in [-0.2, -0.15) is 0 Å². The second kappa shape index (κ2) is 4.93. The first-order chi connectivity index (χ1) is 7.07. The van der Waals surface area contributed by atoms with Gasteiger partial charge in [0.1, 0.15) is 0 Å². The average molecular weight is 273 g/mol. The van der Waals surface area contributed by atoms with Gasteiger partial charge in [-0.15, -0.1) is 0 Å². The summed E-state index contributed by atoms with van der Waals surface area (Å²) in [6.07, 6.45) is 0. The lowest BCUT2D eigenvalue weighted by molar-refractivity contribution is 0.0514. The third-order valence-electron chi connectivity index (χ3n) is 1.72. The largest absolute Gasteiger partial charge is 0.478 e. The van der Waals surface area contributed by atoms with Crippen molar-refractivity contribution in [2.24, 2.45) is 0 Å². The Labute approximate surface area is 95.0 Å². The molecule has 4 nitrogen and oxygen atoms in total. The molecule has 1 N–H and O–H groups in total. The summed E-state index contributed by atoms with van der Waals surface area (Å²) in [4.78, 5) is 22.3. The Morgan fingerprint density at radius 1 is 1.47 bits per heavy atom. The normalized spacial score (nSPS) is 9.73. The number of carboxylic acid groups (broad SMARTS) is 1. The fourth-order valence-electron chi connectivity index (χ4n) is 1.12. The lowest BCUT2D eigenvalue weighted by Gasteiger charge is -2.06. The monoisotopic (exact) mass is 272 g/mol. The first-order valence-electron chi connectivity index (χ1n) is 4.26. The van der Waals surface area contributed by atoms with Crippen molar-refractivity contribution in [3.63, 3.8) is 0 Å². The number of esters is 1. The molecule has 15 heavy (non-hydrogen) atoms. The van der Waals surface area contributed by atoms with Crippen LogP contribution in [0.2, 0.25) is 0 Å². The molecule has 0 heterocycles. The van der Waals surface area contributed by atoms with Crippen LogP contribution in [0, 0.1) is 0 Å². The Hall–Kier alpha value is -1.36. The van der Waals surface area contributed by atoms with Gasteiger partial charge in [-0.05, 0) is 35.0 Å². The highest BCUT2D eigenvalue weighted by Crippen LogP contribution is 2.21. The summed E-state index contributed by atoms with van der Waals surface area (Å²) >= 11 is 3.08. The Morgan fingerprint density at radius 3 is 2.67 bits per heavy atom. The molecule has 0 aliphatic carbocycles. The number of aromatic carboxylic acids is 1. The van der Waals surface area contributed by atoms with Crippen molar-refractivity contribution < 1.29 is 19.4 Å². The van der Waals surface area contributed by atoms with Crippen LogP contribution >= 0.6 is 15.9 Å². The minimum atomic E-state index is -1.16. The Bertz CT molecular complexity index is 400. The van der Waals surface area contributed by atoms with Gasteiger partial charge in [0.05, 0.1) is 17.7 Å². The maximum Gasteiger partial charge on any atom is 0.339 e. The summed E-state index contributed by atoms with van der Waals surface area (Å²) in [5.74, 6) is -1.79. The maximum absolute atomic E-state index is 11.4. The zero-order valence-corrected chi connectivity index (χ0v) is 9.58. The zero-order valence-electron chi connectivity index (χ0n) is 7.99. The molecular weight excluding hydrogens is 264 g/mol. The molecule has 0 bridgehead atoms. The summed E-state index contributed by atoms with van der Waals surface area (Å²) in [5.41, 5.74) is -0.0188. The van der Waals surface area contributed by atoms with Gasteiger partial charge in [-0.25, -0.2) is 9.59 Å². The van der Waals surface area contributed by atoms with Crippen molar-refractivity contribution in [1.82, 2.24) is 0 Å². The second-order valence-corrected chi connectivity index (χ2v) is 3.54. The van der Waals surface area contributed by atoms with Gasteiger partial charge >= 0.3 is 11.9 Å². The van der Waals surface area contributed by atoms with Crippen LogP contribution in [0.4, 0.5) is 0 Å². The smallest absolute Gasteiger partial charge is 0.339 e. The summed E-state index contributed by atoms with van der Waals surface area (Å²) in [6.45, 7) is 1.88. The van der Waals surface area contributed by atoms with Crippen LogP contribution in [0.5, 0.6) is 0 Å². The van der Waals surface area contributed by atoms with Crippen LogP contribution in [0.15, 0.2) is 22.7 Å². The summed E-state index contributed by atoms with van der Waals surface area (Å²) in [5, 5.41) is 8.93. The third kappa shape index (κ3) is 2.56. The van der Waals surface area contributed by atoms with E-state index in [2.05, 4.69) is 15.9 Å². The third-order valence-corrected chi connectivity index (χ3v) is 2.38. The average Bonchev–Trinajstić information content (AvgIpc) is 2.17. The number of rotatable bonds is 3. The van der Waals surface area contributed by atoms with Crippen LogP contribution in [0.25, 0.3) is 0 Å². The van der Waals surface area contributed by atoms with Gasteiger partial charge in [0, 0.05) is 4.47 Å². The van der Waals surface area contributed by atoms with E-state index in [4.69, 9.17) is 9.84 Å². The summed E-state index contributed by atoms with van der Waals surface area (Å²) in [7, 11) is 0. The predicted octanol–water partition coefficient (Wildman–Crippen LogP) is 2.32. The fraction of sp³-hybridized carbons (Fsp3) is 0.200. The number of halogens is 1. The molecule has 1 rings (SSSR count). The topological polar surface area (TPSA) is 63.6 Å². The second-order valence-electron chi connectivity index (χ2n) is 2.69. The van der Waals surface area contributed by atoms with E-state index in [-0.39, 0.29) is 17.7 Å². The maximum atomic E-state index is 11.4. The zero-order chi connectivity index (χ0) is 11.4. The van der Waals surface area contributed by atoms with Gasteiger partial charge in [-0.1, -0.05) is 6.07 Å². The van der Waals surface area contributed by atoms with Crippen LogP contribution in [0.1, 0.15) is 27.6 Å². The first-order valence-corrected chi connectivity index (χ1v) is 5.06. The molecule has 0 fully saturated rings. The van der Waals surface area contributed by atoms with Crippen molar-refractivity contribution in [2.75, 3.05) is 6.61 Å². The molecule has 0 spiro atoms. The Morgan fingerprint density at radius 2 is 2.13 bits per heavy atom. The predicted molar refractivity (Wildman–Crippen MR) is 57.1 cm³/mol. The number of hydrogen-bond acceptors (Lipinski definition) is 3. The summed E-state index contributed by atoms with van der Waals surface area (Å²) in [6, 6.07) is 4.57. The minimum Gasteiger partial charge on any atom is -0.478 e. The fourth-order valence-corrected chi connectivity index (χ4v) is 1.66. The van der Waals surface area contributed by atoms with Crippen molar-refractivity contribution in [2.45, 2.75) is 6.92 Å². The molecule has 1 aromatic carbocycles.